The normalized spacial score (nSPS) is 12.4. The van der Waals surface area contributed by atoms with Crippen molar-refractivity contribution in [2.24, 2.45) is 0 Å². The van der Waals surface area contributed by atoms with Gasteiger partial charge in [0.2, 0.25) is 0 Å². The van der Waals surface area contributed by atoms with Crippen LogP contribution in [0.25, 0.3) is 0 Å². The van der Waals surface area contributed by atoms with Crippen LogP contribution >= 0.6 is 46.4 Å². The van der Waals surface area contributed by atoms with Gasteiger partial charge in [-0.25, -0.2) is 0 Å². The average Bonchev–Trinajstić information content (AvgIpc) is 2.47. The average molecular weight is 452 g/mol. The van der Waals surface area contributed by atoms with Gasteiger partial charge >= 0.3 is 0 Å². The molecule has 0 bridgehead atoms. The Morgan fingerprint density at radius 1 is 0.667 bits per heavy atom. The van der Waals surface area contributed by atoms with Gasteiger partial charge in [0.15, 0.2) is 11.5 Å². The van der Waals surface area contributed by atoms with Crippen molar-refractivity contribution in [3.05, 3.63) is 55.5 Å². The van der Waals surface area contributed by atoms with Gasteiger partial charge in [-0.15, -0.1) is 0 Å². The van der Waals surface area contributed by atoms with Gasteiger partial charge in [0.05, 0.1) is 31.3 Å². The molecule has 0 aromatic heterocycles. The third kappa shape index (κ3) is 6.07. The highest BCUT2D eigenvalue weighted by Crippen LogP contribution is 2.37. The van der Waals surface area contributed by atoms with E-state index in [1.165, 1.54) is 0 Å². The van der Waals surface area contributed by atoms with E-state index >= 15 is 0 Å². The molecule has 0 fully saturated rings. The van der Waals surface area contributed by atoms with Crippen LogP contribution in [0.5, 0.6) is 11.5 Å². The van der Waals surface area contributed by atoms with Gasteiger partial charge in [-0.3, -0.25) is 0 Å². The van der Waals surface area contributed by atoms with Crippen LogP contribution in [0.15, 0.2) is 24.3 Å². The standard InChI is InChI=1S/C20H22Cl4O3/c1-19(2,9-11-5-13(21)17(25)14(22)6-11)27-20(3,4)10-12-7-15(23)18(26)16(24)8-12/h5-8,25-26H,9-10H2,1-4H3. The Labute approximate surface area is 179 Å². The van der Waals surface area contributed by atoms with Gasteiger partial charge in [0, 0.05) is 12.8 Å². The van der Waals surface area contributed by atoms with Crippen LogP contribution in [-0.2, 0) is 17.6 Å². The van der Waals surface area contributed by atoms with Crippen LogP contribution in [0.1, 0.15) is 38.8 Å². The number of halogens is 4. The lowest BCUT2D eigenvalue weighted by Gasteiger charge is -2.36. The van der Waals surface area contributed by atoms with E-state index in [4.69, 9.17) is 51.1 Å². The molecule has 148 valence electrons. The minimum Gasteiger partial charge on any atom is -0.505 e. The van der Waals surface area contributed by atoms with Crippen LogP contribution < -0.4 is 0 Å². The summed E-state index contributed by atoms with van der Waals surface area (Å²) in [6.45, 7) is 7.89. The van der Waals surface area contributed by atoms with Gasteiger partial charge in [-0.2, -0.15) is 0 Å². The first-order valence-electron chi connectivity index (χ1n) is 8.34. The van der Waals surface area contributed by atoms with E-state index in [9.17, 15) is 10.2 Å². The van der Waals surface area contributed by atoms with Gasteiger partial charge in [0.25, 0.3) is 0 Å². The first kappa shape index (κ1) is 22.4. The van der Waals surface area contributed by atoms with Crippen molar-refractivity contribution >= 4 is 46.4 Å². The zero-order valence-electron chi connectivity index (χ0n) is 15.5. The largest absolute Gasteiger partial charge is 0.505 e. The van der Waals surface area contributed by atoms with E-state index in [0.29, 0.717) is 12.8 Å². The van der Waals surface area contributed by atoms with E-state index in [1.807, 2.05) is 27.7 Å². The third-order valence-electron chi connectivity index (χ3n) is 3.97. The fourth-order valence-corrected chi connectivity index (χ4v) is 4.31. The fourth-order valence-electron chi connectivity index (χ4n) is 3.24. The van der Waals surface area contributed by atoms with Crippen molar-refractivity contribution in [1.29, 1.82) is 0 Å². The maximum atomic E-state index is 9.71. The molecule has 0 spiro atoms. The maximum absolute atomic E-state index is 9.71. The van der Waals surface area contributed by atoms with Crippen molar-refractivity contribution in [3.8, 4) is 11.5 Å². The summed E-state index contributed by atoms with van der Waals surface area (Å²) in [6, 6.07) is 6.72. The second-order valence-electron chi connectivity index (χ2n) is 7.79. The Kier molecular flexibility index (Phi) is 6.87. The highest BCUT2D eigenvalue weighted by molar-refractivity contribution is 6.37. The fraction of sp³-hybridized carbons (Fsp3) is 0.400. The van der Waals surface area contributed by atoms with Crippen LogP contribution in [0, 0.1) is 0 Å². The predicted molar refractivity (Wildman–Crippen MR) is 113 cm³/mol. The first-order valence-corrected chi connectivity index (χ1v) is 9.85. The quantitative estimate of drug-likeness (QED) is 0.493. The number of benzene rings is 2. The van der Waals surface area contributed by atoms with Crippen molar-refractivity contribution in [3.63, 3.8) is 0 Å². The Morgan fingerprint density at radius 3 is 1.19 bits per heavy atom. The highest BCUT2D eigenvalue weighted by Gasteiger charge is 2.30. The van der Waals surface area contributed by atoms with Gasteiger partial charge < -0.3 is 14.9 Å². The van der Waals surface area contributed by atoms with Crippen LogP contribution in [0.3, 0.4) is 0 Å². The minimum atomic E-state index is -0.530. The Morgan fingerprint density at radius 2 is 0.926 bits per heavy atom. The topological polar surface area (TPSA) is 49.7 Å². The number of phenolic OH excluding ortho intramolecular Hbond substituents is 2. The molecule has 2 aromatic carbocycles. The molecular formula is C20H22Cl4O3. The summed E-state index contributed by atoms with van der Waals surface area (Å²) in [5, 5.41) is 20.3. The van der Waals surface area contributed by atoms with Gasteiger partial charge in [-0.05, 0) is 63.1 Å². The Hall–Kier alpha value is -0.840. The maximum Gasteiger partial charge on any atom is 0.152 e. The van der Waals surface area contributed by atoms with Crippen molar-refractivity contribution in [1.82, 2.24) is 0 Å². The lowest BCUT2D eigenvalue weighted by atomic mass is 9.93. The van der Waals surface area contributed by atoms with Gasteiger partial charge in [-0.1, -0.05) is 46.4 Å². The first-order chi connectivity index (χ1) is 12.3. The summed E-state index contributed by atoms with van der Waals surface area (Å²) in [6.07, 6.45) is 1.10. The SMILES string of the molecule is CC(C)(Cc1cc(Cl)c(O)c(Cl)c1)OC(C)(C)Cc1cc(Cl)c(O)c(Cl)c1. The molecule has 0 saturated heterocycles. The van der Waals surface area contributed by atoms with E-state index in [2.05, 4.69) is 0 Å². The molecule has 0 heterocycles. The van der Waals surface area contributed by atoms with Crippen LogP contribution in [0.4, 0.5) is 0 Å². The molecule has 2 aromatic rings. The van der Waals surface area contributed by atoms with E-state index in [-0.39, 0.29) is 31.6 Å². The number of ether oxygens (including phenoxy) is 1. The number of rotatable bonds is 6. The van der Waals surface area contributed by atoms with Crippen LogP contribution in [-0.4, -0.2) is 21.4 Å². The summed E-state index contributed by atoms with van der Waals surface area (Å²) >= 11 is 24.0. The third-order valence-corrected chi connectivity index (χ3v) is 5.12. The zero-order valence-corrected chi connectivity index (χ0v) is 18.6. The van der Waals surface area contributed by atoms with Crippen LogP contribution in [0.2, 0.25) is 20.1 Å². The van der Waals surface area contributed by atoms with Crippen molar-refractivity contribution in [2.45, 2.75) is 51.7 Å². The monoisotopic (exact) mass is 450 g/mol. The summed E-state index contributed by atoms with van der Waals surface area (Å²) < 4.78 is 6.36. The Bertz CT molecular complexity index is 732. The lowest BCUT2D eigenvalue weighted by molar-refractivity contribution is -0.121. The highest BCUT2D eigenvalue weighted by atomic mass is 35.5. The molecule has 2 rings (SSSR count). The summed E-state index contributed by atoms with van der Waals surface area (Å²) in [5.74, 6) is -0.246. The molecular weight excluding hydrogens is 430 g/mol. The molecule has 0 amide bonds. The molecule has 0 unspecified atom stereocenters. The smallest absolute Gasteiger partial charge is 0.152 e. The summed E-state index contributed by atoms with van der Waals surface area (Å²) in [4.78, 5) is 0. The number of aromatic hydroxyl groups is 2. The number of hydrogen-bond acceptors (Lipinski definition) is 3. The van der Waals surface area contributed by atoms with Crippen molar-refractivity contribution in [2.75, 3.05) is 0 Å². The molecule has 3 nitrogen and oxygen atoms in total. The van der Waals surface area contributed by atoms with E-state index in [0.717, 1.165) is 11.1 Å². The molecule has 0 saturated carbocycles. The van der Waals surface area contributed by atoms with E-state index < -0.39 is 11.2 Å². The van der Waals surface area contributed by atoms with E-state index in [1.54, 1.807) is 24.3 Å². The molecule has 0 radical (unpaired) electrons. The number of phenols is 2. The van der Waals surface area contributed by atoms with Crippen molar-refractivity contribution < 1.29 is 14.9 Å². The molecule has 0 atom stereocenters. The summed E-state index contributed by atoms with van der Waals surface area (Å²) in [5.41, 5.74) is 0.661. The molecule has 27 heavy (non-hydrogen) atoms. The molecule has 0 aliphatic carbocycles. The summed E-state index contributed by atoms with van der Waals surface area (Å²) in [7, 11) is 0. The lowest BCUT2D eigenvalue weighted by Crippen LogP contribution is -2.40. The minimum absolute atomic E-state index is 0.123. The zero-order chi connectivity index (χ0) is 20.6. The predicted octanol–water partition coefficient (Wildman–Crippen LogP) is 7.07. The molecule has 7 heteroatoms. The number of hydrogen-bond donors (Lipinski definition) is 2. The second kappa shape index (κ2) is 8.26. The van der Waals surface area contributed by atoms with Gasteiger partial charge in [0.1, 0.15) is 0 Å². The second-order valence-corrected chi connectivity index (χ2v) is 9.42. The Balaban J connectivity index is 2.15. The molecule has 2 N–H and O–H groups in total. The molecule has 0 aliphatic heterocycles. The molecule has 0 aliphatic rings.